The van der Waals surface area contributed by atoms with Gasteiger partial charge in [0.1, 0.15) is 0 Å². The van der Waals surface area contributed by atoms with Gasteiger partial charge >= 0.3 is 0 Å². The van der Waals surface area contributed by atoms with Crippen LogP contribution in [0.5, 0.6) is 0 Å². The molecule has 2 heterocycles. The largest absolute Gasteiger partial charge is 0.357 e. The first-order chi connectivity index (χ1) is 14.6. The van der Waals surface area contributed by atoms with Gasteiger partial charge in [0.15, 0.2) is 5.96 Å². The smallest absolute Gasteiger partial charge is 0.191 e. The Balaban J connectivity index is 1.51. The van der Waals surface area contributed by atoms with Crippen LogP contribution in [0, 0.1) is 13.8 Å². The standard InChI is InChI=1S/C23H36N6S/c1-5-24-23(26-16-22-18(3)27-19(4)30-22)25-15-20-7-9-21(10-8-20)17-29-13-11-28(6-2)12-14-29/h7-10H,5-6,11-17H2,1-4H3,(H2,24,25,26). The van der Waals surface area contributed by atoms with Crippen LogP contribution in [0.15, 0.2) is 29.3 Å². The SMILES string of the molecule is CCNC(=NCc1ccc(CN2CCN(CC)CC2)cc1)NCc1sc(C)nc1C. The Kier molecular flexibility index (Phi) is 8.66. The van der Waals surface area contributed by atoms with E-state index in [1.165, 1.54) is 29.1 Å². The molecule has 0 saturated carbocycles. The second-order valence-electron chi connectivity index (χ2n) is 7.82. The Labute approximate surface area is 185 Å². The topological polar surface area (TPSA) is 55.8 Å². The molecule has 1 aromatic heterocycles. The number of hydrogen-bond acceptors (Lipinski definition) is 5. The molecule has 2 aromatic rings. The molecule has 0 bridgehead atoms. The van der Waals surface area contributed by atoms with Crippen LogP contribution < -0.4 is 10.6 Å². The molecule has 164 valence electrons. The van der Waals surface area contributed by atoms with Crippen molar-refractivity contribution >= 4 is 17.3 Å². The van der Waals surface area contributed by atoms with Crippen LogP contribution in [0.4, 0.5) is 0 Å². The van der Waals surface area contributed by atoms with Crippen LogP contribution in [-0.2, 0) is 19.6 Å². The summed E-state index contributed by atoms with van der Waals surface area (Å²) in [5.41, 5.74) is 3.72. The summed E-state index contributed by atoms with van der Waals surface area (Å²) in [5, 5.41) is 7.88. The lowest BCUT2D eigenvalue weighted by atomic mass is 10.1. The van der Waals surface area contributed by atoms with Gasteiger partial charge in [0.25, 0.3) is 0 Å². The Morgan fingerprint density at radius 3 is 2.27 bits per heavy atom. The molecule has 0 unspecified atom stereocenters. The van der Waals surface area contributed by atoms with Crippen LogP contribution in [0.2, 0.25) is 0 Å². The molecule has 1 fully saturated rings. The first kappa shape index (κ1) is 22.7. The monoisotopic (exact) mass is 428 g/mol. The van der Waals surface area contributed by atoms with Gasteiger partial charge in [-0.3, -0.25) is 4.90 Å². The number of nitrogens with one attached hydrogen (secondary N) is 2. The number of piperazine rings is 1. The lowest BCUT2D eigenvalue weighted by Gasteiger charge is -2.34. The molecule has 0 radical (unpaired) electrons. The fourth-order valence-electron chi connectivity index (χ4n) is 3.69. The Bertz CT molecular complexity index is 806. The van der Waals surface area contributed by atoms with Gasteiger partial charge in [0.05, 0.1) is 23.8 Å². The van der Waals surface area contributed by atoms with Gasteiger partial charge in [-0.05, 0) is 38.4 Å². The fourth-order valence-corrected chi connectivity index (χ4v) is 4.56. The van der Waals surface area contributed by atoms with Crippen molar-refractivity contribution in [3.05, 3.63) is 51.0 Å². The second kappa shape index (κ2) is 11.4. The summed E-state index contributed by atoms with van der Waals surface area (Å²) in [6.45, 7) is 17.6. The highest BCUT2D eigenvalue weighted by Crippen LogP contribution is 2.16. The van der Waals surface area contributed by atoms with E-state index in [2.05, 4.69) is 77.4 Å². The third-order valence-electron chi connectivity index (χ3n) is 5.52. The number of nitrogens with zero attached hydrogens (tertiary/aromatic N) is 4. The Morgan fingerprint density at radius 2 is 1.67 bits per heavy atom. The zero-order valence-corrected chi connectivity index (χ0v) is 19.7. The molecule has 0 atom stereocenters. The summed E-state index contributed by atoms with van der Waals surface area (Å²) in [6, 6.07) is 8.92. The lowest BCUT2D eigenvalue weighted by molar-refractivity contribution is 0.132. The molecule has 7 heteroatoms. The highest BCUT2D eigenvalue weighted by atomic mass is 32.1. The number of hydrogen-bond donors (Lipinski definition) is 2. The summed E-state index contributed by atoms with van der Waals surface area (Å²) in [4.78, 5) is 15.6. The number of aryl methyl sites for hydroxylation is 2. The molecule has 0 spiro atoms. The van der Waals surface area contributed by atoms with Gasteiger partial charge in [-0.2, -0.15) is 0 Å². The number of thiazole rings is 1. The van der Waals surface area contributed by atoms with Gasteiger partial charge < -0.3 is 15.5 Å². The number of rotatable bonds is 8. The van der Waals surface area contributed by atoms with Crippen molar-refractivity contribution < 1.29 is 0 Å². The van der Waals surface area contributed by atoms with Crippen LogP contribution in [0.1, 0.15) is 40.6 Å². The predicted molar refractivity (Wildman–Crippen MR) is 127 cm³/mol. The van der Waals surface area contributed by atoms with Crippen molar-refractivity contribution in [2.45, 2.75) is 47.3 Å². The zero-order valence-electron chi connectivity index (χ0n) is 18.9. The minimum absolute atomic E-state index is 0.672. The van der Waals surface area contributed by atoms with Gasteiger partial charge in [-0.25, -0.2) is 9.98 Å². The van der Waals surface area contributed by atoms with Gasteiger partial charge in [-0.1, -0.05) is 31.2 Å². The number of benzene rings is 1. The molecule has 0 amide bonds. The van der Waals surface area contributed by atoms with Gasteiger partial charge in [0, 0.05) is 44.1 Å². The van der Waals surface area contributed by atoms with E-state index in [-0.39, 0.29) is 0 Å². The zero-order chi connectivity index (χ0) is 21.3. The maximum atomic E-state index is 4.76. The van der Waals surface area contributed by atoms with E-state index in [1.807, 2.05) is 0 Å². The normalized spacial score (nSPS) is 16.1. The van der Waals surface area contributed by atoms with E-state index < -0.39 is 0 Å². The van der Waals surface area contributed by atoms with Crippen molar-refractivity contribution in [1.29, 1.82) is 0 Å². The molecular formula is C23H36N6S. The minimum Gasteiger partial charge on any atom is -0.357 e. The molecule has 6 nitrogen and oxygen atoms in total. The van der Waals surface area contributed by atoms with Crippen LogP contribution in [0.3, 0.4) is 0 Å². The molecule has 0 aliphatic carbocycles. The van der Waals surface area contributed by atoms with E-state index in [0.29, 0.717) is 6.54 Å². The average molecular weight is 429 g/mol. The van der Waals surface area contributed by atoms with Crippen molar-refractivity contribution in [3.63, 3.8) is 0 Å². The van der Waals surface area contributed by atoms with Gasteiger partial charge in [-0.15, -0.1) is 11.3 Å². The van der Waals surface area contributed by atoms with E-state index in [1.54, 1.807) is 11.3 Å². The molecule has 3 rings (SSSR count). The first-order valence-electron chi connectivity index (χ1n) is 11.0. The molecule has 2 N–H and O–H groups in total. The maximum Gasteiger partial charge on any atom is 0.191 e. The number of guanidine groups is 1. The summed E-state index contributed by atoms with van der Waals surface area (Å²) < 4.78 is 0. The van der Waals surface area contributed by atoms with E-state index >= 15 is 0 Å². The summed E-state index contributed by atoms with van der Waals surface area (Å²) in [5.74, 6) is 0.848. The van der Waals surface area contributed by atoms with Crippen molar-refractivity contribution in [3.8, 4) is 0 Å². The second-order valence-corrected chi connectivity index (χ2v) is 9.10. The Hall–Kier alpha value is -1.96. The third-order valence-corrected chi connectivity index (χ3v) is 6.59. The van der Waals surface area contributed by atoms with E-state index in [9.17, 15) is 0 Å². The average Bonchev–Trinajstić information content (AvgIpc) is 3.08. The molecule has 30 heavy (non-hydrogen) atoms. The van der Waals surface area contributed by atoms with E-state index in [0.717, 1.165) is 55.9 Å². The number of aromatic nitrogens is 1. The minimum atomic E-state index is 0.672. The summed E-state index contributed by atoms with van der Waals surface area (Å²) >= 11 is 1.74. The van der Waals surface area contributed by atoms with E-state index in [4.69, 9.17) is 4.99 Å². The summed E-state index contributed by atoms with van der Waals surface area (Å²) in [7, 11) is 0. The fraction of sp³-hybridized carbons (Fsp3) is 0.565. The summed E-state index contributed by atoms with van der Waals surface area (Å²) in [6.07, 6.45) is 0. The third kappa shape index (κ3) is 6.79. The quantitative estimate of drug-likeness (QED) is 0.500. The van der Waals surface area contributed by atoms with Crippen molar-refractivity contribution in [2.24, 2.45) is 4.99 Å². The molecule has 1 aliphatic heterocycles. The number of aliphatic imine (C=N–C) groups is 1. The Morgan fingerprint density at radius 1 is 1.00 bits per heavy atom. The number of likely N-dealkylation sites (N-methyl/N-ethyl adjacent to an activating group) is 1. The van der Waals surface area contributed by atoms with Crippen LogP contribution in [-0.4, -0.2) is 60.0 Å². The predicted octanol–water partition coefficient (Wildman–Crippen LogP) is 3.15. The van der Waals surface area contributed by atoms with Crippen LogP contribution >= 0.6 is 11.3 Å². The highest BCUT2D eigenvalue weighted by Gasteiger charge is 2.15. The van der Waals surface area contributed by atoms with Crippen LogP contribution in [0.25, 0.3) is 0 Å². The van der Waals surface area contributed by atoms with Crippen molar-refractivity contribution in [2.75, 3.05) is 39.3 Å². The lowest BCUT2D eigenvalue weighted by Crippen LogP contribution is -2.45. The molecule has 1 saturated heterocycles. The maximum absolute atomic E-state index is 4.76. The highest BCUT2D eigenvalue weighted by molar-refractivity contribution is 7.11. The molecule has 1 aliphatic rings. The first-order valence-corrected chi connectivity index (χ1v) is 11.9. The van der Waals surface area contributed by atoms with Crippen molar-refractivity contribution in [1.82, 2.24) is 25.4 Å². The molecule has 1 aromatic carbocycles. The van der Waals surface area contributed by atoms with Gasteiger partial charge in [0.2, 0.25) is 0 Å². The molecular weight excluding hydrogens is 392 g/mol.